The fraction of sp³-hybridized carbons (Fsp3) is 0.0625. The van der Waals surface area contributed by atoms with Crippen LogP contribution in [0.5, 0.6) is 0 Å². The lowest BCUT2D eigenvalue weighted by atomic mass is 10.0. The van der Waals surface area contributed by atoms with Gasteiger partial charge in [0.2, 0.25) is 5.95 Å². The van der Waals surface area contributed by atoms with Crippen molar-refractivity contribution < 1.29 is 0 Å². The van der Waals surface area contributed by atoms with E-state index in [1.165, 1.54) is 0 Å². The summed E-state index contributed by atoms with van der Waals surface area (Å²) in [5.41, 5.74) is 3.23. The number of allylic oxidation sites excluding steroid dienone is 1. The first-order valence-corrected chi connectivity index (χ1v) is 7.68. The Hall–Kier alpha value is -2.47. The van der Waals surface area contributed by atoms with E-state index in [-0.39, 0.29) is 6.04 Å². The van der Waals surface area contributed by atoms with Crippen molar-refractivity contribution in [2.24, 2.45) is 0 Å². The largest absolute Gasteiger partial charge is 0.323 e. The van der Waals surface area contributed by atoms with Crippen LogP contribution < -0.4 is 5.32 Å². The zero-order chi connectivity index (χ0) is 14.9. The maximum Gasteiger partial charge on any atom is 0.248 e. The number of benzene rings is 2. The van der Waals surface area contributed by atoms with Gasteiger partial charge in [-0.05, 0) is 39.8 Å². The number of anilines is 1. The Balaban J connectivity index is 1.83. The number of nitrogens with one attached hydrogen (secondary N) is 1. The summed E-state index contributed by atoms with van der Waals surface area (Å²) < 4.78 is 2.82. The molecule has 0 saturated heterocycles. The van der Waals surface area contributed by atoms with Crippen LogP contribution >= 0.6 is 15.9 Å². The van der Waals surface area contributed by atoms with Crippen LogP contribution in [0.4, 0.5) is 5.95 Å². The predicted molar refractivity (Wildman–Crippen MR) is 88.1 cm³/mol. The number of hydrogen-bond donors (Lipinski definition) is 1. The molecule has 0 spiro atoms. The molecule has 4 rings (SSSR count). The zero-order valence-electron chi connectivity index (χ0n) is 11.5. The first-order valence-electron chi connectivity index (χ1n) is 6.89. The third kappa shape index (κ3) is 2.31. The second-order valence-corrected chi connectivity index (χ2v) is 5.93. The summed E-state index contributed by atoms with van der Waals surface area (Å²) in [6, 6.07) is 18.3. The van der Waals surface area contributed by atoms with E-state index in [1.807, 2.05) is 30.3 Å². The van der Waals surface area contributed by atoms with Crippen LogP contribution in [-0.2, 0) is 0 Å². The smallest absolute Gasteiger partial charge is 0.248 e. The van der Waals surface area contributed by atoms with Gasteiger partial charge >= 0.3 is 0 Å². The molecule has 0 fully saturated rings. The molecule has 1 N–H and O–H groups in total. The Bertz CT molecular complexity index is 841. The van der Waals surface area contributed by atoms with Gasteiger partial charge in [-0.25, -0.2) is 0 Å². The molecule has 1 aliphatic heterocycles. The highest BCUT2D eigenvalue weighted by Gasteiger charge is 2.24. The van der Waals surface area contributed by atoms with E-state index in [0.717, 1.165) is 21.3 Å². The van der Waals surface area contributed by atoms with Gasteiger partial charge in [0.25, 0.3) is 0 Å². The van der Waals surface area contributed by atoms with Gasteiger partial charge in [0, 0.05) is 10.2 Å². The van der Waals surface area contributed by atoms with Gasteiger partial charge < -0.3 is 5.32 Å². The molecule has 0 radical (unpaired) electrons. The van der Waals surface area contributed by atoms with Gasteiger partial charge in [-0.15, -0.1) is 0 Å². The van der Waals surface area contributed by atoms with Crippen LogP contribution in [0.25, 0.3) is 5.70 Å². The quantitative estimate of drug-likeness (QED) is 0.766. The average molecular weight is 354 g/mol. The molecule has 0 saturated carbocycles. The van der Waals surface area contributed by atoms with E-state index in [2.05, 4.69) is 67.1 Å². The van der Waals surface area contributed by atoms with E-state index < -0.39 is 0 Å². The van der Waals surface area contributed by atoms with Crippen LogP contribution in [-0.4, -0.2) is 20.2 Å². The van der Waals surface area contributed by atoms with E-state index >= 15 is 0 Å². The molecule has 6 heteroatoms. The van der Waals surface area contributed by atoms with Crippen molar-refractivity contribution in [3.8, 4) is 0 Å². The van der Waals surface area contributed by atoms with Gasteiger partial charge in [0.1, 0.15) is 6.04 Å². The highest BCUT2D eigenvalue weighted by molar-refractivity contribution is 9.10. The zero-order valence-corrected chi connectivity index (χ0v) is 13.1. The molecule has 2 heterocycles. The minimum Gasteiger partial charge on any atom is -0.323 e. The van der Waals surface area contributed by atoms with Gasteiger partial charge in [-0.2, -0.15) is 4.68 Å². The van der Waals surface area contributed by atoms with Crippen LogP contribution in [0.3, 0.4) is 0 Å². The Morgan fingerprint density at radius 3 is 2.73 bits per heavy atom. The summed E-state index contributed by atoms with van der Waals surface area (Å²) in [5.74, 6) is 0.645. The number of halogens is 1. The van der Waals surface area contributed by atoms with Crippen molar-refractivity contribution in [1.29, 1.82) is 0 Å². The maximum atomic E-state index is 4.10. The molecule has 1 unspecified atom stereocenters. The van der Waals surface area contributed by atoms with Gasteiger partial charge in [0.05, 0.1) is 0 Å². The standard InChI is InChI=1S/C16H12BrN5/c17-13-8-4-7-12(9-13)14-10-15(11-5-2-1-3-6-11)22-16(18-14)19-20-21-22/h1-10,15H,(H,18,19,21). The summed E-state index contributed by atoms with van der Waals surface area (Å²) in [4.78, 5) is 0. The average Bonchev–Trinajstić information content (AvgIpc) is 3.03. The van der Waals surface area contributed by atoms with Crippen molar-refractivity contribution in [1.82, 2.24) is 20.2 Å². The number of fused-ring (bicyclic) bond motifs is 1. The van der Waals surface area contributed by atoms with Gasteiger partial charge in [-0.1, -0.05) is 63.5 Å². The lowest BCUT2D eigenvalue weighted by Crippen LogP contribution is -2.20. The van der Waals surface area contributed by atoms with E-state index in [9.17, 15) is 0 Å². The molecular formula is C16H12BrN5. The normalized spacial score (nSPS) is 16.6. The summed E-state index contributed by atoms with van der Waals surface area (Å²) in [5, 5.41) is 15.2. The second-order valence-electron chi connectivity index (χ2n) is 5.02. The number of hydrogen-bond acceptors (Lipinski definition) is 4. The SMILES string of the molecule is Brc1cccc(C2=CC(c3ccccc3)n3nnnc3N2)c1. The van der Waals surface area contributed by atoms with Crippen molar-refractivity contribution >= 4 is 27.6 Å². The highest BCUT2D eigenvalue weighted by atomic mass is 79.9. The molecule has 0 bridgehead atoms. The summed E-state index contributed by atoms with van der Waals surface area (Å²) >= 11 is 3.51. The minimum atomic E-state index is -0.0265. The summed E-state index contributed by atoms with van der Waals surface area (Å²) in [7, 11) is 0. The topological polar surface area (TPSA) is 55.6 Å². The van der Waals surface area contributed by atoms with Crippen molar-refractivity contribution in [2.45, 2.75) is 6.04 Å². The van der Waals surface area contributed by atoms with E-state index in [0.29, 0.717) is 5.95 Å². The lowest BCUT2D eigenvalue weighted by Gasteiger charge is -2.23. The van der Waals surface area contributed by atoms with Crippen LogP contribution in [0.15, 0.2) is 65.1 Å². The predicted octanol–water partition coefficient (Wildman–Crippen LogP) is 3.49. The lowest BCUT2D eigenvalue weighted by molar-refractivity contribution is 0.586. The Morgan fingerprint density at radius 1 is 1.05 bits per heavy atom. The first kappa shape index (κ1) is 13.2. The molecular weight excluding hydrogens is 342 g/mol. The summed E-state index contributed by atoms with van der Waals surface area (Å²) in [6.45, 7) is 0. The monoisotopic (exact) mass is 353 g/mol. The Morgan fingerprint density at radius 2 is 1.91 bits per heavy atom. The van der Waals surface area contributed by atoms with Crippen molar-refractivity contribution in [3.05, 3.63) is 76.3 Å². The minimum absolute atomic E-state index is 0.0265. The Labute approximate surface area is 135 Å². The highest BCUT2D eigenvalue weighted by Crippen LogP contribution is 2.31. The molecule has 1 atom stereocenters. The second kappa shape index (κ2) is 5.38. The van der Waals surface area contributed by atoms with Crippen LogP contribution in [0, 0.1) is 0 Å². The Kier molecular flexibility index (Phi) is 3.23. The third-order valence-corrected chi connectivity index (χ3v) is 4.10. The third-order valence-electron chi connectivity index (χ3n) is 3.60. The number of nitrogens with zero attached hydrogens (tertiary/aromatic N) is 4. The number of aromatic nitrogens is 4. The molecule has 2 aromatic carbocycles. The van der Waals surface area contributed by atoms with Crippen molar-refractivity contribution in [2.75, 3.05) is 5.32 Å². The fourth-order valence-corrected chi connectivity index (χ4v) is 2.97. The molecule has 0 aliphatic carbocycles. The number of rotatable bonds is 2. The van der Waals surface area contributed by atoms with Crippen LogP contribution in [0.1, 0.15) is 17.2 Å². The molecule has 108 valence electrons. The van der Waals surface area contributed by atoms with Crippen molar-refractivity contribution in [3.63, 3.8) is 0 Å². The molecule has 1 aromatic heterocycles. The maximum absolute atomic E-state index is 4.10. The first-order chi connectivity index (χ1) is 10.8. The molecule has 5 nitrogen and oxygen atoms in total. The molecule has 22 heavy (non-hydrogen) atoms. The van der Waals surface area contributed by atoms with Crippen LogP contribution in [0.2, 0.25) is 0 Å². The summed E-state index contributed by atoms with van der Waals surface area (Å²) in [6.07, 6.45) is 2.14. The fourth-order valence-electron chi connectivity index (χ4n) is 2.57. The van der Waals surface area contributed by atoms with E-state index in [1.54, 1.807) is 4.68 Å². The van der Waals surface area contributed by atoms with Gasteiger partial charge in [0.15, 0.2) is 0 Å². The molecule has 0 amide bonds. The molecule has 3 aromatic rings. The van der Waals surface area contributed by atoms with Gasteiger partial charge in [-0.3, -0.25) is 0 Å². The van der Waals surface area contributed by atoms with E-state index in [4.69, 9.17) is 0 Å². The number of tetrazole rings is 1. The molecule has 1 aliphatic rings.